The maximum Gasteiger partial charge on any atom is 0.435 e. The lowest BCUT2D eigenvalue weighted by Gasteiger charge is -2.29. The number of benzene rings is 2. The van der Waals surface area contributed by atoms with E-state index in [0.717, 1.165) is 18.4 Å². The van der Waals surface area contributed by atoms with Crippen LogP contribution in [0.25, 0.3) is 22.0 Å². The third-order valence-electron chi connectivity index (χ3n) is 10.9. The molecule has 4 aromatic heterocycles. The second-order valence-electron chi connectivity index (χ2n) is 15.6. The molecule has 0 spiro atoms. The third-order valence-corrected chi connectivity index (χ3v) is 11.8. The third kappa shape index (κ3) is 7.47. The number of imidazole rings is 1. The first kappa shape index (κ1) is 41.8. The fourth-order valence-electron chi connectivity index (χ4n) is 8.23. The first-order chi connectivity index (χ1) is 28.5. The minimum Gasteiger partial charge on any atom is -0.368 e. The second kappa shape index (κ2) is 14.3. The van der Waals surface area contributed by atoms with E-state index < -0.39 is 92.4 Å². The summed E-state index contributed by atoms with van der Waals surface area (Å²) in [5, 5.41) is 8.13. The number of nitrogens with one attached hydrogen (secondary N) is 1. The summed E-state index contributed by atoms with van der Waals surface area (Å²) in [6, 6.07) is 6.09. The molecule has 0 radical (unpaired) electrons. The Bertz CT molecular complexity index is 2930. The number of carbonyl (C=O) groups excluding carboxylic acids is 1. The molecule has 1 saturated carbocycles. The Hall–Kier alpha value is -5.94. The number of aryl methyl sites for hydroxylation is 1. The molecule has 1 fully saturated rings. The van der Waals surface area contributed by atoms with Crippen LogP contribution in [0.1, 0.15) is 72.0 Å². The van der Waals surface area contributed by atoms with E-state index in [1.54, 1.807) is 30.8 Å². The van der Waals surface area contributed by atoms with Gasteiger partial charge in [0.15, 0.2) is 11.5 Å². The van der Waals surface area contributed by atoms with E-state index in [1.165, 1.54) is 42.3 Å². The fraction of sp³-hybridized carbons (Fsp3) is 0.325. The fourth-order valence-corrected chi connectivity index (χ4v) is 8.97. The van der Waals surface area contributed by atoms with Crippen molar-refractivity contribution in [3.8, 4) is 23.0 Å². The number of alkyl halides is 5. The van der Waals surface area contributed by atoms with E-state index in [2.05, 4.69) is 31.7 Å². The highest BCUT2D eigenvalue weighted by atomic mass is 35.5. The number of nitrogens with zero attached hydrogens (tertiary/aromatic N) is 7. The lowest BCUT2D eigenvalue weighted by molar-refractivity contribution is -0.142. The van der Waals surface area contributed by atoms with Gasteiger partial charge in [0, 0.05) is 54.0 Å². The van der Waals surface area contributed by atoms with E-state index in [1.807, 2.05) is 0 Å². The Morgan fingerprint density at radius 3 is 2.39 bits per heavy atom. The summed E-state index contributed by atoms with van der Waals surface area (Å²) in [6.07, 6.45) is -0.426. The standard InChI is InChI=1S/C40H33ClF7N9O3S/c1-38(2,56-12-11-50-18-56)10-9-22-5-6-23(24-7-8-28(41)30-32(24)55(3)53-37(30)54-61(4,59)60)31(51-22)26(15-19-13-20(42)16-21(43)14-19)33(36(49)58)57-35-29(34(52-57)40(46,47)48)25-17-27(25)39(35,44)45/h5-8,11-14,16,18,25-27,33H,15,17H2,1-4H3,(H2,49,58)(H,53,54)/t25-,26+,27+,33?/m0/s1. The van der Waals surface area contributed by atoms with Crippen molar-refractivity contribution in [3.05, 3.63) is 112 Å². The number of fused-ring (bicyclic) bond motifs is 4. The molecule has 8 rings (SSSR count). The van der Waals surface area contributed by atoms with E-state index in [-0.39, 0.29) is 56.2 Å². The number of nitrogens with two attached hydrogens (primary N) is 1. The van der Waals surface area contributed by atoms with Crippen LogP contribution in [0, 0.1) is 29.4 Å². The van der Waals surface area contributed by atoms with Crippen LogP contribution < -0.4 is 10.5 Å². The first-order valence-electron chi connectivity index (χ1n) is 18.4. The van der Waals surface area contributed by atoms with E-state index >= 15 is 8.78 Å². The molecule has 318 valence electrons. The summed E-state index contributed by atoms with van der Waals surface area (Å²) in [7, 11) is -2.44. The van der Waals surface area contributed by atoms with Crippen molar-refractivity contribution in [3.63, 3.8) is 0 Å². The number of hydrogen-bond acceptors (Lipinski definition) is 7. The highest BCUT2D eigenvalue weighted by Crippen LogP contribution is 2.69. The van der Waals surface area contributed by atoms with Crippen LogP contribution in [0.2, 0.25) is 5.02 Å². The predicted molar refractivity (Wildman–Crippen MR) is 209 cm³/mol. The van der Waals surface area contributed by atoms with Crippen LogP contribution in [0.5, 0.6) is 0 Å². The number of hydrogen-bond donors (Lipinski definition) is 2. The summed E-state index contributed by atoms with van der Waals surface area (Å²) in [5.41, 5.74) is 1.83. The molecule has 4 atom stereocenters. The number of anilines is 1. The van der Waals surface area contributed by atoms with Gasteiger partial charge in [-0.25, -0.2) is 31.8 Å². The van der Waals surface area contributed by atoms with Gasteiger partial charge >= 0.3 is 6.18 Å². The van der Waals surface area contributed by atoms with Crippen LogP contribution in [-0.4, -0.2) is 54.7 Å². The summed E-state index contributed by atoms with van der Waals surface area (Å²) in [5.74, 6) is -5.87. The molecule has 2 aromatic carbocycles. The minimum atomic E-state index is -5.22. The van der Waals surface area contributed by atoms with Crippen molar-refractivity contribution >= 4 is 44.3 Å². The van der Waals surface area contributed by atoms with Crippen molar-refractivity contribution in [1.29, 1.82) is 0 Å². The van der Waals surface area contributed by atoms with Gasteiger partial charge in [-0.3, -0.25) is 14.2 Å². The Labute approximate surface area is 348 Å². The largest absolute Gasteiger partial charge is 0.435 e. The summed E-state index contributed by atoms with van der Waals surface area (Å²) in [4.78, 5) is 22.8. The van der Waals surface area contributed by atoms with Crippen molar-refractivity contribution in [2.75, 3.05) is 11.0 Å². The maximum atomic E-state index is 16.2. The topological polar surface area (TPSA) is 156 Å². The Kier molecular flexibility index (Phi) is 9.81. The monoisotopic (exact) mass is 887 g/mol. The quantitative estimate of drug-likeness (QED) is 0.107. The number of primary amides is 1. The predicted octanol–water partition coefficient (Wildman–Crippen LogP) is 7.40. The van der Waals surface area contributed by atoms with E-state index in [4.69, 9.17) is 22.3 Å². The highest BCUT2D eigenvalue weighted by Gasteiger charge is 2.69. The van der Waals surface area contributed by atoms with Crippen molar-refractivity contribution in [2.45, 2.75) is 62.2 Å². The van der Waals surface area contributed by atoms with Crippen LogP contribution in [0.3, 0.4) is 0 Å². The molecular weight excluding hydrogens is 855 g/mol. The number of halogens is 8. The molecule has 0 bridgehead atoms. The number of aromatic nitrogens is 7. The Balaban J connectivity index is 1.44. The second-order valence-corrected chi connectivity index (χ2v) is 17.8. The van der Waals surface area contributed by atoms with Gasteiger partial charge in [0.25, 0.3) is 5.92 Å². The van der Waals surface area contributed by atoms with Crippen LogP contribution in [-0.2, 0) is 45.9 Å². The Morgan fingerprint density at radius 1 is 1.08 bits per heavy atom. The van der Waals surface area contributed by atoms with Gasteiger partial charge in [0.1, 0.15) is 34.6 Å². The van der Waals surface area contributed by atoms with Gasteiger partial charge in [-0.1, -0.05) is 23.6 Å². The number of carbonyl (C=O) groups is 1. The molecule has 61 heavy (non-hydrogen) atoms. The molecule has 2 aliphatic rings. The summed E-state index contributed by atoms with van der Waals surface area (Å²) in [6.45, 7) is 3.55. The summed E-state index contributed by atoms with van der Waals surface area (Å²) >= 11 is 6.63. The number of pyridine rings is 1. The molecule has 2 aliphatic carbocycles. The van der Waals surface area contributed by atoms with E-state index in [9.17, 15) is 35.2 Å². The number of sulfonamides is 1. The van der Waals surface area contributed by atoms with Crippen molar-refractivity contribution < 1.29 is 43.9 Å². The zero-order valence-corrected chi connectivity index (χ0v) is 33.9. The normalized spacial score (nSPS) is 18.0. The minimum absolute atomic E-state index is 0.0217. The molecule has 1 amide bonds. The molecule has 12 nitrogen and oxygen atoms in total. The lowest BCUT2D eigenvalue weighted by atomic mass is 9.84. The SMILES string of the molecule is Cn1nc(NS(C)(=O)=O)c2c(Cl)ccc(-c3ccc(C#CC(C)(C)n4ccnc4)nc3[C@@H](Cc3cc(F)cc(F)c3)C(C(N)=O)n3nc(C(F)(F)F)c4c3C(F)(F)[C@@H]3C[C@H]43)c21. The zero-order valence-electron chi connectivity index (χ0n) is 32.4. The van der Waals surface area contributed by atoms with E-state index in [0.29, 0.717) is 10.7 Å². The van der Waals surface area contributed by atoms with Crippen molar-refractivity contribution in [2.24, 2.45) is 18.7 Å². The average Bonchev–Trinajstić information content (AvgIpc) is 3.41. The van der Waals surface area contributed by atoms with Gasteiger partial charge in [-0.2, -0.15) is 32.1 Å². The Morgan fingerprint density at radius 2 is 1.77 bits per heavy atom. The maximum absolute atomic E-state index is 16.2. The lowest BCUT2D eigenvalue weighted by Crippen LogP contribution is -2.37. The van der Waals surface area contributed by atoms with Crippen molar-refractivity contribution in [1.82, 2.24) is 34.1 Å². The molecule has 0 saturated heterocycles. The smallest absolute Gasteiger partial charge is 0.368 e. The van der Waals surface area contributed by atoms with Crippen LogP contribution >= 0.6 is 11.6 Å². The zero-order chi connectivity index (χ0) is 44.1. The summed E-state index contributed by atoms with van der Waals surface area (Å²) < 4.78 is 136. The van der Waals surface area contributed by atoms with Gasteiger partial charge in [0.2, 0.25) is 15.9 Å². The van der Waals surface area contributed by atoms with Crippen LogP contribution in [0.15, 0.2) is 61.2 Å². The molecule has 6 aromatic rings. The number of rotatable bonds is 10. The van der Waals surface area contributed by atoms with Gasteiger partial charge in [-0.15, -0.1) is 0 Å². The molecule has 0 aliphatic heterocycles. The molecular formula is C40H33ClF7N9O3S. The molecule has 1 unspecified atom stereocenters. The van der Waals surface area contributed by atoms with Crippen LogP contribution in [0.4, 0.5) is 36.6 Å². The highest BCUT2D eigenvalue weighted by molar-refractivity contribution is 7.92. The van der Waals surface area contributed by atoms with Gasteiger partial charge in [0.05, 0.1) is 34.2 Å². The molecule has 4 heterocycles. The first-order valence-corrected chi connectivity index (χ1v) is 20.7. The van der Waals surface area contributed by atoms with Gasteiger partial charge in [-0.05, 0) is 74.4 Å². The molecule has 3 N–H and O–H groups in total. The average molecular weight is 888 g/mol. The van der Waals surface area contributed by atoms with Gasteiger partial charge < -0.3 is 10.3 Å². The molecule has 21 heteroatoms. The number of amides is 1.